The second-order valence-electron chi connectivity index (χ2n) is 3.45. The molecule has 0 bridgehead atoms. The molecule has 2 amide bonds. The number of nitrogens with one attached hydrogen (secondary N) is 1. The highest BCUT2D eigenvalue weighted by Gasteiger charge is 2.18. The molecule has 0 saturated carbocycles. The van der Waals surface area contributed by atoms with Crippen LogP contribution in [0.5, 0.6) is 0 Å². The second-order valence-corrected chi connectivity index (χ2v) is 5.10. The summed E-state index contributed by atoms with van der Waals surface area (Å²) in [5.74, 6) is 0. The van der Waals surface area contributed by atoms with E-state index in [0.717, 1.165) is 5.39 Å². The van der Waals surface area contributed by atoms with Crippen LogP contribution in [0.4, 0.5) is 4.79 Å². The Morgan fingerprint density at radius 3 is 2.41 bits per heavy atom. The van der Waals surface area contributed by atoms with Gasteiger partial charge in [0.2, 0.25) is 0 Å². The lowest BCUT2D eigenvalue weighted by Crippen LogP contribution is -2.35. The molecule has 0 aliphatic heterocycles. The normalized spacial score (nSPS) is 11.3. The van der Waals surface area contributed by atoms with Gasteiger partial charge in [0.15, 0.2) is 0 Å². The van der Waals surface area contributed by atoms with Crippen LogP contribution in [0.3, 0.4) is 0 Å². The molecule has 0 fully saturated rings. The molecule has 0 heterocycles. The zero-order valence-corrected chi connectivity index (χ0v) is 9.57. The number of carbonyl (C=O) groups is 1. The highest BCUT2D eigenvalue weighted by molar-refractivity contribution is 7.90. The Morgan fingerprint density at radius 1 is 1.06 bits per heavy atom. The molecular formula is C11H10N2O3S. The van der Waals surface area contributed by atoms with Gasteiger partial charge >= 0.3 is 6.03 Å². The van der Waals surface area contributed by atoms with Crippen molar-refractivity contribution in [1.29, 1.82) is 0 Å². The van der Waals surface area contributed by atoms with Gasteiger partial charge in [0.1, 0.15) is 0 Å². The molecule has 88 valence electrons. The summed E-state index contributed by atoms with van der Waals surface area (Å²) in [5.41, 5.74) is 4.83. The van der Waals surface area contributed by atoms with E-state index in [2.05, 4.69) is 0 Å². The molecule has 2 rings (SSSR count). The predicted molar refractivity (Wildman–Crippen MR) is 63.9 cm³/mol. The summed E-state index contributed by atoms with van der Waals surface area (Å²) in [7, 11) is -3.91. The first-order valence-corrected chi connectivity index (χ1v) is 6.29. The van der Waals surface area contributed by atoms with Gasteiger partial charge in [0.05, 0.1) is 4.90 Å². The van der Waals surface area contributed by atoms with Gasteiger partial charge in [0, 0.05) is 5.39 Å². The zero-order valence-electron chi connectivity index (χ0n) is 8.75. The first kappa shape index (κ1) is 11.4. The number of benzene rings is 2. The summed E-state index contributed by atoms with van der Waals surface area (Å²) in [4.78, 5) is 10.7. The Balaban J connectivity index is 2.67. The predicted octanol–water partition coefficient (Wildman–Crippen LogP) is 1.20. The molecule has 0 radical (unpaired) electrons. The quantitative estimate of drug-likeness (QED) is 0.839. The van der Waals surface area contributed by atoms with Gasteiger partial charge in [-0.3, -0.25) is 0 Å². The largest absolute Gasteiger partial charge is 0.351 e. The van der Waals surface area contributed by atoms with Crippen LogP contribution < -0.4 is 10.5 Å². The van der Waals surface area contributed by atoms with Crippen molar-refractivity contribution in [2.24, 2.45) is 5.73 Å². The molecule has 5 nitrogen and oxygen atoms in total. The summed E-state index contributed by atoms with van der Waals surface area (Å²) in [6.45, 7) is 0. The molecule has 0 aromatic heterocycles. The van der Waals surface area contributed by atoms with Crippen LogP contribution >= 0.6 is 0 Å². The van der Waals surface area contributed by atoms with E-state index in [1.54, 1.807) is 41.1 Å². The molecule has 0 saturated heterocycles. The topological polar surface area (TPSA) is 89.3 Å². The van der Waals surface area contributed by atoms with Crippen molar-refractivity contribution in [1.82, 2.24) is 4.72 Å². The number of fused-ring (bicyclic) bond motifs is 1. The van der Waals surface area contributed by atoms with E-state index in [0.29, 0.717) is 5.39 Å². The Labute approximate surface area is 98.3 Å². The van der Waals surface area contributed by atoms with Gasteiger partial charge in [-0.05, 0) is 11.5 Å². The van der Waals surface area contributed by atoms with E-state index < -0.39 is 16.1 Å². The molecule has 0 unspecified atom stereocenters. The summed E-state index contributed by atoms with van der Waals surface area (Å²) in [6, 6.07) is 10.7. The van der Waals surface area contributed by atoms with E-state index >= 15 is 0 Å². The van der Waals surface area contributed by atoms with Crippen molar-refractivity contribution < 1.29 is 13.2 Å². The highest BCUT2D eigenvalue weighted by atomic mass is 32.2. The zero-order chi connectivity index (χ0) is 12.5. The fourth-order valence-corrected chi connectivity index (χ4v) is 2.73. The Bertz CT molecular complexity index is 675. The summed E-state index contributed by atoms with van der Waals surface area (Å²) < 4.78 is 25.4. The summed E-state index contributed by atoms with van der Waals surface area (Å²) in [5, 5.41) is 1.32. The average Bonchev–Trinajstić information content (AvgIpc) is 2.26. The van der Waals surface area contributed by atoms with Gasteiger partial charge in [-0.2, -0.15) is 0 Å². The number of nitrogens with two attached hydrogens (primary N) is 1. The number of hydrogen-bond donors (Lipinski definition) is 2. The average molecular weight is 250 g/mol. The van der Waals surface area contributed by atoms with Crippen LogP contribution in [-0.4, -0.2) is 14.4 Å². The third-order valence-electron chi connectivity index (χ3n) is 2.27. The number of rotatable bonds is 2. The van der Waals surface area contributed by atoms with Crippen LogP contribution in [0.2, 0.25) is 0 Å². The molecule has 2 aromatic carbocycles. The Hall–Kier alpha value is -2.08. The van der Waals surface area contributed by atoms with Crippen LogP contribution in [0.1, 0.15) is 0 Å². The third-order valence-corrected chi connectivity index (χ3v) is 3.68. The lowest BCUT2D eigenvalue weighted by molar-refractivity contribution is 0.253. The molecule has 0 aliphatic carbocycles. The van der Waals surface area contributed by atoms with E-state index in [4.69, 9.17) is 5.73 Å². The molecule has 0 aliphatic rings. The maximum absolute atomic E-state index is 11.8. The van der Waals surface area contributed by atoms with Crippen LogP contribution in [0.25, 0.3) is 10.8 Å². The van der Waals surface area contributed by atoms with Gasteiger partial charge < -0.3 is 5.73 Å². The minimum atomic E-state index is -3.91. The van der Waals surface area contributed by atoms with Crippen molar-refractivity contribution in [3.05, 3.63) is 42.5 Å². The number of carbonyl (C=O) groups excluding carboxylic acids is 1. The van der Waals surface area contributed by atoms with Crippen LogP contribution in [0.15, 0.2) is 47.4 Å². The Kier molecular flexibility index (Phi) is 2.72. The number of hydrogen-bond acceptors (Lipinski definition) is 3. The molecule has 2 aromatic rings. The first-order chi connectivity index (χ1) is 8.00. The first-order valence-electron chi connectivity index (χ1n) is 4.81. The molecular weight excluding hydrogens is 240 g/mol. The van der Waals surface area contributed by atoms with E-state index in [1.807, 2.05) is 0 Å². The lowest BCUT2D eigenvalue weighted by Gasteiger charge is -2.07. The van der Waals surface area contributed by atoms with Gasteiger partial charge in [-0.1, -0.05) is 36.4 Å². The second kappa shape index (κ2) is 4.06. The van der Waals surface area contributed by atoms with Crippen molar-refractivity contribution in [3.63, 3.8) is 0 Å². The summed E-state index contributed by atoms with van der Waals surface area (Å²) >= 11 is 0. The van der Waals surface area contributed by atoms with Crippen molar-refractivity contribution in [3.8, 4) is 0 Å². The number of urea groups is 1. The minimum Gasteiger partial charge on any atom is -0.351 e. The Morgan fingerprint density at radius 2 is 1.71 bits per heavy atom. The number of sulfonamides is 1. The summed E-state index contributed by atoms with van der Waals surface area (Å²) in [6.07, 6.45) is 0. The van der Waals surface area contributed by atoms with E-state index in [-0.39, 0.29) is 4.90 Å². The fraction of sp³-hybridized carbons (Fsp3) is 0. The smallest absolute Gasteiger partial charge is 0.326 e. The van der Waals surface area contributed by atoms with Crippen LogP contribution in [-0.2, 0) is 10.0 Å². The minimum absolute atomic E-state index is 0.0365. The highest BCUT2D eigenvalue weighted by Crippen LogP contribution is 2.22. The molecule has 0 atom stereocenters. The number of primary amides is 1. The van der Waals surface area contributed by atoms with Crippen molar-refractivity contribution in [2.45, 2.75) is 4.90 Å². The molecule has 17 heavy (non-hydrogen) atoms. The monoisotopic (exact) mass is 250 g/mol. The SMILES string of the molecule is NC(=O)NS(=O)(=O)c1cccc2ccccc12. The van der Waals surface area contributed by atoms with Gasteiger partial charge in [-0.15, -0.1) is 0 Å². The van der Waals surface area contributed by atoms with Crippen molar-refractivity contribution >= 4 is 26.8 Å². The number of amides is 2. The van der Waals surface area contributed by atoms with Crippen molar-refractivity contribution in [2.75, 3.05) is 0 Å². The van der Waals surface area contributed by atoms with E-state index in [1.165, 1.54) is 6.07 Å². The van der Waals surface area contributed by atoms with Crippen LogP contribution in [0, 0.1) is 0 Å². The molecule has 3 N–H and O–H groups in total. The third kappa shape index (κ3) is 2.21. The van der Waals surface area contributed by atoms with Gasteiger partial charge in [-0.25, -0.2) is 17.9 Å². The maximum Gasteiger partial charge on any atom is 0.326 e. The molecule has 6 heteroatoms. The standard InChI is InChI=1S/C11H10N2O3S/c12-11(14)13-17(15,16)10-7-3-5-8-4-1-2-6-9(8)10/h1-7H,(H3,12,13,14). The van der Waals surface area contributed by atoms with E-state index in [9.17, 15) is 13.2 Å². The lowest BCUT2D eigenvalue weighted by atomic mass is 10.1. The molecule has 0 spiro atoms. The van der Waals surface area contributed by atoms with Gasteiger partial charge in [0.25, 0.3) is 10.0 Å². The maximum atomic E-state index is 11.8. The fourth-order valence-electron chi connectivity index (χ4n) is 1.62.